The predicted molar refractivity (Wildman–Crippen MR) is 91.1 cm³/mol. The standard InChI is InChI=1S/C19H39N/c1-5-7-8-17-10-12-18(13-11-17)19(20-15-6-2)14-9-16(3)4/h16-20H,5-15H2,1-4H3. The van der Waals surface area contributed by atoms with Crippen LogP contribution in [0.15, 0.2) is 0 Å². The van der Waals surface area contributed by atoms with Crippen molar-refractivity contribution < 1.29 is 0 Å². The summed E-state index contributed by atoms with van der Waals surface area (Å²) in [5.74, 6) is 2.85. The lowest BCUT2D eigenvalue weighted by molar-refractivity contribution is 0.201. The highest BCUT2D eigenvalue weighted by Crippen LogP contribution is 2.34. The molecule has 0 aromatic rings. The van der Waals surface area contributed by atoms with Crippen LogP contribution < -0.4 is 5.32 Å². The molecule has 0 radical (unpaired) electrons. The largest absolute Gasteiger partial charge is 0.314 e. The summed E-state index contributed by atoms with van der Waals surface area (Å²) in [5.41, 5.74) is 0. The van der Waals surface area contributed by atoms with E-state index in [0.29, 0.717) is 0 Å². The van der Waals surface area contributed by atoms with Crippen molar-refractivity contribution in [3.8, 4) is 0 Å². The fourth-order valence-corrected chi connectivity index (χ4v) is 3.72. The van der Waals surface area contributed by atoms with Crippen molar-refractivity contribution in [2.24, 2.45) is 17.8 Å². The van der Waals surface area contributed by atoms with Crippen molar-refractivity contribution in [1.82, 2.24) is 5.32 Å². The lowest BCUT2D eigenvalue weighted by Crippen LogP contribution is -2.38. The van der Waals surface area contributed by atoms with Gasteiger partial charge >= 0.3 is 0 Å². The maximum absolute atomic E-state index is 3.85. The smallest absolute Gasteiger partial charge is 0.00954 e. The first-order valence-corrected chi connectivity index (χ1v) is 9.40. The van der Waals surface area contributed by atoms with Gasteiger partial charge in [0.1, 0.15) is 0 Å². The van der Waals surface area contributed by atoms with E-state index in [-0.39, 0.29) is 0 Å². The molecule has 0 amide bonds. The van der Waals surface area contributed by atoms with Crippen molar-refractivity contribution in [1.29, 1.82) is 0 Å². The number of hydrogen-bond donors (Lipinski definition) is 1. The molecule has 0 bridgehead atoms. The highest BCUT2D eigenvalue weighted by atomic mass is 14.9. The van der Waals surface area contributed by atoms with Crippen LogP contribution in [0.2, 0.25) is 0 Å². The Kier molecular flexibility index (Phi) is 9.59. The minimum atomic E-state index is 0.796. The second kappa shape index (κ2) is 10.7. The van der Waals surface area contributed by atoms with Gasteiger partial charge < -0.3 is 5.32 Å². The Morgan fingerprint density at radius 2 is 1.65 bits per heavy atom. The first kappa shape index (κ1) is 18.0. The van der Waals surface area contributed by atoms with E-state index in [2.05, 4.69) is 33.0 Å². The summed E-state index contributed by atoms with van der Waals surface area (Å²) in [7, 11) is 0. The highest BCUT2D eigenvalue weighted by Gasteiger charge is 2.26. The van der Waals surface area contributed by atoms with Crippen LogP contribution in [-0.4, -0.2) is 12.6 Å². The van der Waals surface area contributed by atoms with E-state index in [9.17, 15) is 0 Å². The molecule has 0 heterocycles. The summed E-state index contributed by atoms with van der Waals surface area (Å²) in [6.45, 7) is 10.5. The van der Waals surface area contributed by atoms with Gasteiger partial charge in [0.25, 0.3) is 0 Å². The van der Waals surface area contributed by atoms with Gasteiger partial charge in [0, 0.05) is 6.04 Å². The van der Waals surface area contributed by atoms with E-state index < -0.39 is 0 Å². The van der Waals surface area contributed by atoms with Crippen LogP contribution in [0.25, 0.3) is 0 Å². The van der Waals surface area contributed by atoms with Gasteiger partial charge in [-0.25, -0.2) is 0 Å². The van der Waals surface area contributed by atoms with E-state index in [0.717, 1.165) is 23.8 Å². The van der Waals surface area contributed by atoms with Crippen molar-refractivity contribution >= 4 is 0 Å². The third-order valence-corrected chi connectivity index (χ3v) is 5.14. The van der Waals surface area contributed by atoms with Gasteiger partial charge in [-0.2, -0.15) is 0 Å². The predicted octanol–water partition coefficient (Wildman–Crippen LogP) is 5.79. The first-order valence-electron chi connectivity index (χ1n) is 9.40. The molecule has 1 unspecified atom stereocenters. The van der Waals surface area contributed by atoms with Crippen LogP contribution in [0.1, 0.15) is 91.9 Å². The van der Waals surface area contributed by atoms with Crippen LogP contribution in [0.5, 0.6) is 0 Å². The molecule has 1 N–H and O–H groups in total. The van der Waals surface area contributed by atoms with Crippen molar-refractivity contribution in [3.05, 3.63) is 0 Å². The summed E-state index contributed by atoms with van der Waals surface area (Å²) >= 11 is 0. The summed E-state index contributed by atoms with van der Waals surface area (Å²) < 4.78 is 0. The van der Waals surface area contributed by atoms with E-state index in [1.54, 1.807) is 0 Å². The molecular formula is C19H39N. The topological polar surface area (TPSA) is 12.0 Å². The van der Waals surface area contributed by atoms with Crippen LogP contribution >= 0.6 is 0 Å². The lowest BCUT2D eigenvalue weighted by Gasteiger charge is -2.35. The zero-order valence-corrected chi connectivity index (χ0v) is 14.6. The lowest BCUT2D eigenvalue weighted by atomic mass is 9.75. The minimum Gasteiger partial charge on any atom is -0.314 e. The molecular weight excluding hydrogens is 242 g/mol. The van der Waals surface area contributed by atoms with Crippen LogP contribution in [0.3, 0.4) is 0 Å². The van der Waals surface area contributed by atoms with E-state index in [1.165, 1.54) is 70.8 Å². The molecule has 120 valence electrons. The molecule has 1 fully saturated rings. The summed E-state index contributed by atoms with van der Waals surface area (Å²) in [6.07, 6.45) is 14.3. The Hall–Kier alpha value is -0.0400. The Morgan fingerprint density at radius 1 is 0.950 bits per heavy atom. The SMILES string of the molecule is CCCCC1CCC(C(CCC(C)C)NCCC)CC1. The van der Waals surface area contributed by atoms with Crippen LogP contribution in [-0.2, 0) is 0 Å². The normalized spacial score (nSPS) is 25.1. The zero-order valence-electron chi connectivity index (χ0n) is 14.6. The quantitative estimate of drug-likeness (QED) is 0.534. The molecule has 0 aromatic carbocycles. The Balaban J connectivity index is 2.35. The summed E-state index contributed by atoms with van der Waals surface area (Å²) in [5, 5.41) is 3.85. The number of unbranched alkanes of at least 4 members (excludes halogenated alkanes) is 1. The molecule has 0 spiro atoms. The molecule has 1 nitrogen and oxygen atoms in total. The van der Waals surface area contributed by atoms with Gasteiger partial charge in [0.2, 0.25) is 0 Å². The number of rotatable bonds is 10. The molecule has 1 saturated carbocycles. The average Bonchev–Trinajstić information content (AvgIpc) is 2.46. The third-order valence-electron chi connectivity index (χ3n) is 5.14. The molecule has 0 aliphatic heterocycles. The van der Waals surface area contributed by atoms with Crippen molar-refractivity contribution in [2.75, 3.05) is 6.54 Å². The maximum atomic E-state index is 3.85. The third kappa shape index (κ3) is 7.11. The monoisotopic (exact) mass is 281 g/mol. The fraction of sp³-hybridized carbons (Fsp3) is 1.00. The number of nitrogens with one attached hydrogen (secondary N) is 1. The van der Waals surface area contributed by atoms with Gasteiger partial charge in [-0.05, 0) is 56.4 Å². The van der Waals surface area contributed by atoms with Crippen LogP contribution in [0.4, 0.5) is 0 Å². The van der Waals surface area contributed by atoms with Crippen molar-refractivity contribution in [3.63, 3.8) is 0 Å². The molecule has 1 aliphatic carbocycles. The summed E-state index contributed by atoms with van der Waals surface area (Å²) in [6, 6.07) is 0.796. The zero-order chi connectivity index (χ0) is 14.8. The molecule has 20 heavy (non-hydrogen) atoms. The van der Waals surface area contributed by atoms with Gasteiger partial charge in [-0.15, -0.1) is 0 Å². The van der Waals surface area contributed by atoms with Crippen LogP contribution in [0, 0.1) is 17.8 Å². The molecule has 1 atom stereocenters. The molecule has 1 aliphatic rings. The van der Waals surface area contributed by atoms with Crippen molar-refractivity contribution in [2.45, 2.75) is 97.9 Å². The van der Waals surface area contributed by atoms with E-state index in [1.807, 2.05) is 0 Å². The molecule has 0 aromatic heterocycles. The molecule has 1 rings (SSSR count). The Labute approximate surface area is 128 Å². The fourth-order valence-electron chi connectivity index (χ4n) is 3.72. The van der Waals surface area contributed by atoms with E-state index >= 15 is 0 Å². The van der Waals surface area contributed by atoms with Gasteiger partial charge in [-0.3, -0.25) is 0 Å². The average molecular weight is 282 g/mol. The number of hydrogen-bond acceptors (Lipinski definition) is 1. The minimum absolute atomic E-state index is 0.796. The highest BCUT2D eigenvalue weighted by molar-refractivity contribution is 4.82. The van der Waals surface area contributed by atoms with Gasteiger partial charge in [-0.1, -0.05) is 59.8 Å². The molecule has 0 saturated heterocycles. The molecule has 1 heteroatoms. The summed E-state index contributed by atoms with van der Waals surface area (Å²) in [4.78, 5) is 0. The maximum Gasteiger partial charge on any atom is 0.00954 e. The van der Waals surface area contributed by atoms with Gasteiger partial charge in [0.05, 0.1) is 0 Å². The van der Waals surface area contributed by atoms with E-state index in [4.69, 9.17) is 0 Å². The second-order valence-corrected chi connectivity index (χ2v) is 7.45. The Morgan fingerprint density at radius 3 is 2.20 bits per heavy atom. The first-order chi connectivity index (χ1) is 9.67. The van der Waals surface area contributed by atoms with Gasteiger partial charge in [0.15, 0.2) is 0 Å². The Bertz CT molecular complexity index is 216. The second-order valence-electron chi connectivity index (χ2n) is 7.45.